The van der Waals surface area contributed by atoms with Crippen molar-refractivity contribution in [3.05, 3.63) is 64.9 Å². The van der Waals surface area contributed by atoms with Crippen molar-refractivity contribution in [1.29, 1.82) is 0 Å². The van der Waals surface area contributed by atoms with Crippen LogP contribution >= 0.6 is 12.2 Å². The average Bonchev–Trinajstić information content (AvgIpc) is 2.73. The Morgan fingerprint density at radius 1 is 1.16 bits per heavy atom. The topological polar surface area (TPSA) is 54.0 Å². The molecule has 6 nitrogen and oxygen atoms in total. The quantitative estimate of drug-likeness (QED) is 0.644. The highest BCUT2D eigenvalue weighted by Crippen LogP contribution is 2.38. The largest absolute Gasteiger partial charge is 0.493 e. The van der Waals surface area contributed by atoms with Crippen LogP contribution in [0.25, 0.3) is 0 Å². The van der Waals surface area contributed by atoms with Crippen molar-refractivity contribution in [3.8, 4) is 11.5 Å². The van der Waals surface area contributed by atoms with Crippen LogP contribution in [0.2, 0.25) is 0 Å². The van der Waals surface area contributed by atoms with Gasteiger partial charge in [-0.1, -0.05) is 18.2 Å². The van der Waals surface area contributed by atoms with E-state index in [1.54, 1.807) is 26.2 Å². The summed E-state index contributed by atoms with van der Waals surface area (Å²) in [7, 11) is 4.70. The number of nitrogens with one attached hydrogen (secondary N) is 1. The standard InChI is InChI=1S/C23H25F2N3O3S/c1-13-7-6-8-16(11-13)28-14(2)19(21(29)27(3)4)20(26-23(28)32)15-9-10-17(31-22(24)25)18(12-15)30-5/h6-12,20,22H,1-5H3,(H,26,32)/t20-/m1/s1. The van der Waals surface area contributed by atoms with Crippen LogP contribution in [0.1, 0.15) is 24.1 Å². The van der Waals surface area contributed by atoms with Gasteiger partial charge in [-0.25, -0.2) is 0 Å². The molecular weight excluding hydrogens is 436 g/mol. The first-order valence-electron chi connectivity index (χ1n) is 9.86. The van der Waals surface area contributed by atoms with Crippen molar-refractivity contribution in [1.82, 2.24) is 10.2 Å². The normalized spacial score (nSPS) is 16.2. The Morgan fingerprint density at radius 2 is 1.88 bits per heavy atom. The van der Waals surface area contributed by atoms with E-state index in [2.05, 4.69) is 10.1 Å². The van der Waals surface area contributed by atoms with Gasteiger partial charge in [-0.15, -0.1) is 0 Å². The first-order chi connectivity index (χ1) is 15.1. The zero-order valence-corrected chi connectivity index (χ0v) is 19.3. The monoisotopic (exact) mass is 461 g/mol. The number of likely N-dealkylation sites (N-methyl/N-ethyl adjacent to an activating group) is 1. The maximum Gasteiger partial charge on any atom is 0.387 e. The molecule has 0 bridgehead atoms. The molecule has 0 aromatic heterocycles. The number of methoxy groups -OCH3 is 1. The SMILES string of the molecule is COc1cc([C@H]2NC(=S)N(c3cccc(C)c3)C(C)=C2C(=O)N(C)C)ccc1OC(F)F. The van der Waals surface area contributed by atoms with Gasteiger partial charge in [0.15, 0.2) is 16.6 Å². The molecule has 0 unspecified atom stereocenters. The molecule has 0 radical (unpaired) electrons. The molecule has 1 heterocycles. The van der Waals surface area contributed by atoms with Crippen molar-refractivity contribution < 1.29 is 23.0 Å². The fourth-order valence-corrected chi connectivity index (χ4v) is 4.01. The Balaban J connectivity index is 2.14. The van der Waals surface area contributed by atoms with Gasteiger partial charge in [0, 0.05) is 25.5 Å². The van der Waals surface area contributed by atoms with E-state index in [0.29, 0.717) is 21.9 Å². The van der Waals surface area contributed by atoms with E-state index < -0.39 is 12.7 Å². The van der Waals surface area contributed by atoms with Crippen LogP contribution in [0.5, 0.6) is 11.5 Å². The van der Waals surface area contributed by atoms with Gasteiger partial charge in [0.25, 0.3) is 5.91 Å². The van der Waals surface area contributed by atoms with Crippen LogP contribution < -0.4 is 19.7 Å². The number of rotatable bonds is 6. The number of aryl methyl sites for hydroxylation is 1. The number of carbonyl (C=O) groups excluding carboxylic acids is 1. The Bertz CT molecular complexity index is 1070. The lowest BCUT2D eigenvalue weighted by Gasteiger charge is -2.38. The van der Waals surface area contributed by atoms with Crippen molar-refractivity contribution in [3.63, 3.8) is 0 Å². The van der Waals surface area contributed by atoms with Crippen molar-refractivity contribution in [2.45, 2.75) is 26.5 Å². The summed E-state index contributed by atoms with van der Waals surface area (Å²) in [5, 5.41) is 3.65. The molecule has 0 aliphatic carbocycles. The molecular formula is C23H25F2N3O3S. The molecule has 0 spiro atoms. The number of halogens is 2. The summed E-state index contributed by atoms with van der Waals surface area (Å²) in [5.41, 5.74) is 3.67. The first kappa shape index (κ1) is 23.5. The lowest BCUT2D eigenvalue weighted by Crippen LogP contribution is -2.49. The molecule has 1 aliphatic rings. The number of nitrogens with zero attached hydrogens (tertiary/aromatic N) is 2. The van der Waals surface area contributed by atoms with Gasteiger partial charge in [0.2, 0.25) is 0 Å². The molecule has 2 aromatic carbocycles. The highest BCUT2D eigenvalue weighted by atomic mass is 32.1. The molecule has 1 aliphatic heterocycles. The van der Waals surface area contributed by atoms with Crippen LogP contribution in [0.4, 0.5) is 14.5 Å². The zero-order chi connectivity index (χ0) is 23.6. The minimum absolute atomic E-state index is 0.0905. The Labute approximate surface area is 191 Å². The van der Waals surface area contributed by atoms with Crippen LogP contribution in [0.3, 0.4) is 0 Å². The number of hydrogen-bond acceptors (Lipinski definition) is 4. The number of amides is 1. The molecule has 170 valence electrons. The summed E-state index contributed by atoms with van der Waals surface area (Å²) in [5.74, 6) is -0.162. The van der Waals surface area contributed by atoms with Crippen LogP contribution in [-0.2, 0) is 4.79 Å². The second kappa shape index (κ2) is 9.52. The van der Waals surface area contributed by atoms with Crippen molar-refractivity contribution >= 4 is 28.9 Å². The summed E-state index contributed by atoms with van der Waals surface area (Å²) in [6.07, 6.45) is 0. The highest BCUT2D eigenvalue weighted by Gasteiger charge is 2.35. The fraction of sp³-hybridized carbons (Fsp3) is 0.304. The smallest absolute Gasteiger partial charge is 0.387 e. The van der Waals surface area contributed by atoms with Gasteiger partial charge in [-0.2, -0.15) is 8.78 Å². The van der Waals surface area contributed by atoms with E-state index in [1.807, 2.05) is 43.0 Å². The maximum atomic E-state index is 13.2. The summed E-state index contributed by atoms with van der Waals surface area (Å²) in [6.45, 7) is 0.837. The van der Waals surface area contributed by atoms with E-state index >= 15 is 0 Å². The molecule has 32 heavy (non-hydrogen) atoms. The van der Waals surface area contributed by atoms with E-state index in [0.717, 1.165) is 11.3 Å². The Hall–Kier alpha value is -3.20. The molecule has 0 saturated heterocycles. The Morgan fingerprint density at radius 3 is 2.47 bits per heavy atom. The number of allylic oxidation sites excluding steroid dienone is 1. The number of ether oxygens (including phenoxy) is 2. The van der Waals surface area contributed by atoms with E-state index in [9.17, 15) is 13.6 Å². The summed E-state index contributed by atoms with van der Waals surface area (Å²) in [6, 6.07) is 11.8. The third-order valence-electron chi connectivity index (χ3n) is 5.12. The molecule has 0 fully saturated rings. The molecule has 1 N–H and O–H groups in total. The minimum atomic E-state index is -2.98. The van der Waals surface area contributed by atoms with Gasteiger partial charge in [0.1, 0.15) is 0 Å². The lowest BCUT2D eigenvalue weighted by molar-refractivity contribution is -0.125. The zero-order valence-electron chi connectivity index (χ0n) is 18.5. The van der Waals surface area contributed by atoms with Crippen LogP contribution in [0.15, 0.2) is 53.7 Å². The second-order valence-corrected chi connectivity index (χ2v) is 7.93. The van der Waals surface area contributed by atoms with Crippen LogP contribution in [-0.4, -0.2) is 43.7 Å². The van der Waals surface area contributed by atoms with Crippen molar-refractivity contribution in [2.75, 3.05) is 26.1 Å². The summed E-state index contributed by atoms with van der Waals surface area (Å²) in [4.78, 5) is 16.5. The minimum Gasteiger partial charge on any atom is -0.493 e. The number of anilines is 1. The predicted octanol–water partition coefficient (Wildman–Crippen LogP) is 4.40. The van der Waals surface area contributed by atoms with Crippen molar-refractivity contribution in [2.24, 2.45) is 0 Å². The Kier molecular flexibility index (Phi) is 6.98. The molecule has 0 saturated carbocycles. The van der Waals surface area contributed by atoms with E-state index in [4.69, 9.17) is 17.0 Å². The fourth-order valence-electron chi connectivity index (χ4n) is 3.65. The van der Waals surface area contributed by atoms with Gasteiger partial charge in [-0.05, 0) is 61.5 Å². The second-order valence-electron chi connectivity index (χ2n) is 7.54. The average molecular weight is 462 g/mol. The molecule has 3 rings (SSSR count). The van der Waals surface area contributed by atoms with E-state index in [-0.39, 0.29) is 17.4 Å². The molecule has 9 heteroatoms. The number of carbonyl (C=O) groups is 1. The molecule has 2 aromatic rings. The lowest BCUT2D eigenvalue weighted by atomic mass is 9.93. The summed E-state index contributed by atoms with van der Waals surface area (Å²) < 4.78 is 35.2. The van der Waals surface area contributed by atoms with Gasteiger partial charge in [-0.3, -0.25) is 9.69 Å². The number of hydrogen-bond donors (Lipinski definition) is 1. The predicted molar refractivity (Wildman–Crippen MR) is 123 cm³/mol. The third-order valence-corrected chi connectivity index (χ3v) is 5.42. The van der Waals surface area contributed by atoms with Crippen LogP contribution in [0, 0.1) is 6.92 Å². The molecule has 1 atom stereocenters. The molecule has 1 amide bonds. The maximum absolute atomic E-state index is 13.2. The van der Waals surface area contributed by atoms with E-state index in [1.165, 1.54) is 18.1 Å². The number of benzene rings is 2. The first-order valence-corrected chi connectivity index (χ1v) is 10.3. The van der Waals surface area contributed by atoms with Gasteiger partial charge in [0.05, 0.1) is 18.7 Å². The number of alkyl halides is 2. The summed E-state index contributed by atoms with van der Waals surface area (Å²) >= 11 is 5.66. The number of thiocarbonyl (C=S) groups is 1. The third kappa shape index (κ3) is 4.67. The van der Waals surface area contributed by atoms with Gasteiger partial charge >= 0.3 is 6.61 Å². The highest BCUT2D eigenvalue weighted by molar-refractivity contribution is 7.80. The van der Waals surface area contributed by atoms with Gasteiger partial charge < -0.3 is 19.7 Å².